The monoisotopic (exact) mass is 383 g/mol. The van der Waals surface area contributed by atoms with Crippen molar-refractivity contribution in [3.05, 3.63) is 45.8 Å². The summed E-state index contributed by atoms with van der Waals surface area (Å²) in [5.41, 5.74) is 2.00. The van der Waals surface area contributed by atoms with Crippen LogP contribution >= 0.6 is 23.2 Å². The summed E-state index contributed by atoms with van der Waals surface area (Å²) >= 11 is 12.1. The summed E-state index contributed by atoms with van der Waals surface area (Å²) in [6.45, 7) is 6.39. The predicted molar refractivity (Wildman–Crippen MR) is 102 cm³/mol. The molecule has 0 saturated heterocycles. The third-order valence-corrected chi connectivity index (χ3v) is 4.35. The number of aliphatic imine (C=N–C) groups is 1. The first-order chi connectivity index (χ1) is 12.0. The normalized spacial score (nSPS) is 11.5. The van der Waals surface area contributed by atoms with Gasteiger partial charge in [0.25, 0.3) is 0 Å². The first-order valence-electron chi connectivity index (χ1n) is 8.14. The first kappa shape index (κ1) is 19.4. The Labute approximate surface area is 158 Å². The van der Waals surface area contributed by atoms with Crippen LogP contribution < -0.4 is 15.4 Å². The van der Waals surface area contributed by atoms with Crippen LogP contribution in [0.5, 0.6) is 5.88 Å². The molecule has 0 aliphatic carbocycles. The van der Waals surface area contributed by atoms with E-state index in [-0.39, 0.29) is 0 Å². The van der Waals surface area contributed by atoms with Crippen LogP contribution in [-0.2, 0) is 20.1 Å². The summed E-state index contributed by atoms with van der Waals surface area (Å²) in [7, 11) is 1.88. The van der Waals surface area contributed by atoms with E-state index in [0.29, 0.717) is 41.7 Å². The fraction of sp³-hybridized carbons (Fsp3) is 0.412. The van der Waals surface area contributed by atoms with Gasteiger partial charge in [0.15, 0.2) is 5.96 Å². The van der Waals surface area contributed by atoms with Gasteiger partial charge in [-0.25, -0.2) is 9.98 Å². The fourth-order valence-electron chi connectivity index (χ4n) is 2.22. The summed E-state index contributed by atoms with van der Waals surface area (Å²) in [5, 5.41) is 7.58. The number of guanidine groups is 1. The van der Waals surface area contributed by atoms with Gasteiger partial charge in [0.05, 0.1) is 24.7 Å². The van der Waals surface area contributed by atoms with Gasteiger partial charge in [-0.2, -0.15) is 0 Å². The third-order valence-electron chi connectivity index (χ3n) is 3.51. The number of ether oxygens (including phenoxy) is 1. The van der Waals surface area contributed by atoms with Gasteiger partial charge in [0, 0.05) is 31.5 Å². The zero-order valence-corrected chi connectivity index (χ0v) is 16.2. The number of hydrogen-bond acceptors (Lipinski definition) is 3. The predicted octanol–water partition coefficient (Wildman–Crippen LogP) is 3.38. The second kappa shape index (κ2) is 9.53. The number of halogens is 2. The Kier molecular flexibility index (Phi) is 7.40. The van der Waals surface area contributed by atoms with Gasteiger partial charge < -0.3 is 19.9 Å². The zero-order valence-electron chi connectivity index (χ0n) is 14.6. The minimum Gasteiger partial charge on any atom is -0.478 e. The molecule has 2 heterocycles. The van der Waals surface area contributed by atoms with Crippen molar-refractivity contribution >= 4 is 29.2 Å². The zero-order chi connectivity index (χ0) is 18.2. The molecule has 0 amide bonds. The largest absolute Gasteiger partial charge is 0.478 e. The lowest BCUT2D eigenvalue weighted by atomic mass is 10.3. The molecule has 0 radical (unpaired) electrons. The maximum Gasteiger partial charge on any atom is 0.213 e. The van der Waals surface area contributed by atoms with E-state index in [4.69, 9.17) is 27.9 Å². The second-order valence-electron chi connectivity index (χ2n) is 5.32. The number of hydrogen-bond donors (Lipinski definition) is 2. The van der Waals surface area contributed by atoms with Crippen molar-refractivity contribution in [2.24, 2.45) is 12.0 Å². The number of rotatable bonds is 7. The maximum atomic E-state index is 6.10. The first-order valence-corrected chi connectivity index (χ1v) is 8.90. The van der Waals surface area contributed by atoms with E-state index >= 15 is 0 Å². The van der Waals surface area contributed by atoms with Crippen LogP contribution in [0.15, 0.2) is 29.4 Å². The molecule has 136 valence electrons. The molecular formula is C17H23Cl2N5O. The average Bonchev–Trinajstić information content (AvgIpc) is 2.85. The summed E-state index contributed by atoms with van der Waals surface area (Å²) in [6, 6.07) is 5.66. The highest BCUT2D eigenvalue weighted by molar-refractivity contribution is 6.41. The van der Waals surface area contributed by atoms with Gasteiger partial charge in [-0.3, -0.25) is 0 Å². The lowest BCUT2D eigenvalue weighted by Gasteiger charge is -2.12. The summed E-state index contributed by atoms with van der Waals surface area (Å²) in [4.78, 5) is 8.75. The number of nitrogens with one attached hydrogen (secondary N) is 2. The quantitative estimate of drug-likeness (QED) is 0.568. The van der Waals surface area contributed by atoms with E-state index in [2.05, 4.69) is 20.6 Å². The van der Waals surface area contributed by atoms with Crippen molar-refractivity contribution in [1.29, 1.82) is 0 Å². The van der Waals surface area contributed by atoms with Gasteiger partial charge >= 0.3 is 0 Å². The molecule has 0 saturated carbocycles. The molecule has 8 heteroatoms. The summed E-state index contributed by atoms with van der Waals surface area (Å²) < 4.78 is 7.26. The number of nitrogens with zero attached hydrogens (tertiary/aromatic N) is 3. The van der Waals surface area contributed by atoms with E-state index in [0.717, 1.165) is 17.8 Å². The second-order valence-corrected chi connectivity index (χ2v) is 6.08. The molecule has 0 fully saturated rings. The topological polar surface area (TPSA) is 63.5 Å². The molecule has 0 aromatic carbocycles. The Hall–Kier alpha value is -1.92. The Morgan fingerprint density at radius 2 is 2.08 bits per heavy atom. The molecular weight excluding hydrogens is 361 g/mol. The Morgan fingerprint density at radius 1 is 1.28 bits per heavy atom. The van der Waals surface area contributed by atoms with Crippen molar-refractivity contribution in [2.45, 2.75) is 26.9 Å². The molecule has 2 aromatic heterocycles. The number of pyridine rings is 1. The molecule has 0 bridgehead atoms. The van der Waals surface area contributed by atoms with Crippen molar-refractivity contribution in [3.8, 4) is 5.88 Å². The third kappa shape index (κ3) is 5.54. The van der Waals surface area contributed by atoms with Crippen LogP contribution in [-0.4, -0.2) is 28.7 Å². The Morgan fingerprint density at radius 3 is 2.72 bits per heavy atom. The molecule has 2 aromatic rings. The number of aromatic nitrogens is 2. The molecule has 2 N–H and O–H groups in total. The van der Waals surface area contributed by atoms with Crippen molar-refractivity contribution < 1.29 is 4.74 Å². The van der Waals surface area contributed by atoms with Gasteiger partial charge in [-0.05, 0) is 31.5 Å². The van der Waals surface area contributed by atoms with Gasteiger partial charge in [-0.1, -0.05) is 23.2 Å². The van der Waals surface area contributed by atoms with Crippen LogP contribution in [0.25, 0.3) is 0 Å². The van der Waals surface area contributed by atoms with Crippen molar-refractivity contribution in [1.82, 2.24) is 20.2 Å². The van der Waals surface area contributed by atoms with Gasteiger partial charge in [0.1, 0.15) is 5.15 Å². The van der Waals surface area contributed by atoms with Crippen LogP contribution in [0.4, 0.5) is 0 Å². The smallest absolute Gasteiger partial charge is 0.213 e. The standard InChI is InChI=1S/C17H23Cl2N5O/c1-4-20-17(23-11-13-9-14(18)16(19)24(13)3)22-10-12-6-7-21-15(8-12)25-5-2/h6-9H,4-5,10-11H2,1-3H3,(H2,20,22,23). The lowest BCUT2D eigenvalue weighted by Crippen LogP contribution is -2.37. The lowest BCUT2D eigenvalue weighted by molar-refractivity contribution is 0.326. The van der Waals surface area contributed by atoms with E-state index in [1.807, 2.05) is 43.7 Å². The maximum absolute atomic E-state index is 6.10. The highest BCUT2D eigenvalue weighted by Crippen LogP contribution is 2.24. The summed E-state index contributed by atoms with van der Waals surface area (Å²) in [5.74, 6) is 1.33. The fourth-order valence-corrected chi connectivity index (χ4v) is 2.64. The highest BCUT2D eigenvalue weighted by atomic mass is 35.5. The highest BCUT2D eigenvalue weighted by Gasteiger charge is 2.09. The van der Waals surface area contributed by atoms with Gasteiger partial charge in [-0.15, -0.1) is 0 Å². The van der Waals surface area contributed by atoms with Crippen molar-refractivity contribution in [2.75, 3.05) is 13.2 Å². The van der Waals surface area contributed by atoms with E-state index in [1.165, 1.54) is 0 Å². The van der Waals surface area contributed by atoms with Crippen LogP contribution in [0.1, 0.15) is 25.1 Å². The minimum absolute atomic E-state index is 0.520. The van der Waals surface area contributed by atoms with E-state index < -0.39 is 0 Å². The SMILES string of the molecule is CCNC(=NCc1ccnc(OCC)c1)NCc1cc(Cl)c(Cl)n1C. The molecule has 0 aliphatic rings. The molecule has 0 unspecified atom stereocenters. The van der Waals surface area contributed by atoms with Crippen LogP contribution in [0, 0.1) is 0 Å². The van der Waals surface area contributed by atoms with E-state index in [1.54, 1.807) is 6.20 Å². The van der Waals surface area contributed by atoms with Gasteiger partial charge in [0.2, 0.25) is 5.88 Å². The minimum atomic E-state index is 0.520. The molecule has 0 aliphatic heterocycles. The summed E-state index contributed by atoms with van der Waals surface area (Å²) in [6.07, 6.45) is 1.73. The van der Waals surface area contributed by atoms with E-state index in [9.17, 15) is 0 Å². The molecule has 2 rings (SSSR count). The van der Waals surface area contributed by atoms with Crippen LogP contribution in [0.2, 0.25) is 10.2 Å². The Balaban J connectivity index is 2.02. The van der Waals surface area contributed by atoms with Crippen molar-refractivity contribution in [3.63, 3.8) is 0 Å². The molecule has 25 heavy (non-hydrogen) atoms. The molecule has 0 spiro atoms. The Bertz CT molecular complexity index is 730. The average molecular weight is 384 g/mol. The molecule has 6 nitrogen and oxygen atoms in total. The molecule has 0 atom stereocenters. The van der Waals surface area contributed by atoms with Crippen LogP contribution in [0.3, 0.4) is 0 Å².